The van der Waals surface area contributed by atoms with E-state index in [0.717, 1.165) is 4.88 Å². The van der Waals surface area contributed by atoms with Gasteiger partial charge in [0.15, 0.2) is 11.6 Å². The number of nitrogen functional groups attached to an aromatic ring is 1. The van der Waals surface area contributed by atoms with Crippen LogP contribution in [0.3, 0.4) is 0 Å². The van der Waals surface area contributed by atoms with Gasteiger partial charge < -0.3 is 10.6 Å². The van der Waals surface area contributed by atoms with Crippen LogP contribution >= 0.6 is 11.3 Å². The number of hydrogen-bond donors (Lipinski definition) is 1. The number of carbonyl (C=O) groups is 1. The van der Waals surface area contributed by atoms with Gasteiger partial charge in [0.05, 0.1) is 12.1 Å². The van der Waals surface area contributed by atoms with Crippen LogP contribution < -0.4 is 5.73 Å². The van der Waals surface area contributed by atoms with E-state index in [1.807, 2.05) is 31.4 Å². The van der Waals surface area contributed by atoms with Crippen LogP contribution in [0, 0.1) is 5.82 Å². The van der Waals surface area contributed by atoms with Crippen molar-refractivity contribution in [1.29, 1.82) is 0 Å². The fraction of sp³-hybridized carbons (Fsp3) is 0.286. The second-order valence-corrected chi connectivity index (χ2v) is 5.70. The number of aromatic nitrogens is 1. The zero-order valence-electron chi connectivity index (χ0n) is 11.3. The topological polar surface area (TPSA) is 59.2 Å². The maximum absolute atomic E-state index is 13.9. The quantitative estimate of drug-likeness (QED) is 0.943. The zero-order chi connectivity index (χ0) is 14.7. The van der Waals surface area contributed by atoms with E-state index in [2.05, 4.69) is 4.98 Å². The minimum Gasteiger partial charge on any atom is -0.381 e. The molecule has 1 amide bonds. The Morgan fingerprint density at radius 1 is 1.50 bits per heavy atom. The van der Waals surface area contributed by atoms with Crippen molar-refractivity contribution < 1.29 is 9.18 Å². The molecule has 0 fully saturated rings. The van der Waals surface area contributed by atoms with Gasteiger partial charge in [0, 0.05) is 17.1 Å². The van der Waals surface area contributed by atoms with Crippen molar-refractivity contribution in [3.63, 3.8) is 0 Å². The van der Waals surface area contributed by atoms with Gasteiger partial charge in [0.2, 0.25) is 0 Å². The minimum atomic E-state index is -0.755. The summed E-state index contributed by atoms with van der Waals surface area (Å²) in [5.41, 5.74) is 5.38. The molecule has 106 valence electrons. The molecule has 0 spiro atoms. The number of halogens is 1. The van der Waals surface area contributed by atoms with E-state index in [1.54, 1.807) is 16.2 Å². The van der Waals surface area contributed by atoms with E-state index >= 15 is 0 Å². The molecule has 2 rings (SSSR count). The third-order valence-corrected chi connectivity index (χ3v) is 3.80. The Labute approximate surface area is 121 Å². The molecule has 20 heavy (non-hydrogen) atoms. The molecule has 0 aliphatic heterocycles. The first-order valence-electron chi connectivity index (χ1n) is 6.24. The lowest BCUT2D eigenvalue weighted by atomic mass is 10.2. The lowest BCUT2D eigenvalue weighted by molar-refractivity contribution is 0.0687. The van der Waals surface area contributed by atoms with Crippen molar-refractivity contribution in [2.45, 2.75) is 26.4 Å². The zero-order valence-corrected chi connectivity index (χ0v) is 12.2. The summed E-state index contributed by atoms with van der Waals surface area (Å²) in [6, 6.07) is 5.19. The van der Waals surface area contributed by atoms with Gasteiger partial charge in [0.1, 0.15) is 0 Å². The largest absolute Gasteiger partial charge is 0.381 e. The van der Waals surface area contributed by atoms with Crippen LogP contribution in [0.5, 0.6) is 0 Å². The van der Waals surface area contributed by atoms with Gasteiger partial charge >= 0.3 is 0 Å². The fourth-order valence-electron chi connectivity index (χ4n) is 1.84. The Morgan fingerprint density at radius 2 is 2.25 bits per heavy atom. The molecule has 2 aromatic heterocycles. The average Bonchev–Trinajstić information content (AvgIpc) is 2.91. The highest BCUT2D eigenvalue weighted by Gasteiger charge is 2.23. The summed E-state index contributed by atoms with van der Waals surface area (Å²) in [5.74, 6) is -1.38. The molecular weight excluding hydrogens is 277 g/mol. The molecule has 2 N–H and O–H groups in total. The first-order valence-corrected chi connectivity index (χ1v) is 7.12. The van der Waals surface area contributed by atoms with Crippen molar-refractivity contribution in [2.24, 2.45) is 0 Å². The maximum Gasteiger partial charge on any atom is 0.257 e. The number of anilines is 1. The molecule has 0 saturated carbocycles. The van der Waals surface area contributed by atoms with Crippen LogP contribution in [0.1, 0.15) is 29.1 Å². The standard InChI is InChI=1S/C14H16FN3OS/c1-9(2)18(8-10-4-3-7-20-10)14(19)11-5-6-17-13(16)12(11)15/h3-7,9H,8H2,1-2H3,(H2,16,17). The van der Waals surface area contributed by atoms with Crippen molar-refractivity contribution in [2.75, 3.05) is 5.73 Å². The predicted octanol–water partition coefficient (Wildman–Crippen LogP) is 2.92. The second-order valence-electron chi connectivity index (χ2n) is 4.66. The summed E-state index contributed by atoms with van der Waals surface area (Å²) < 4.78 is 13.9. The molecule has 2 aromatic rings. The molecule has 0 aliphatic carbocycles. The number of rotatable bonds is 4. The molecule has 0 aliphatic rings. The van der Waals surface area contributed by atoms with Crippen molar-refractivity contribution >= 4 is 23.1 Å². The molecule has 0 atom stereocenters. The molecule has 6 heteroatoms. The lowest BCUT2D eigenvalue weighted by Gasteiger charge is -2.26. The number of pyridine rings is 1. The van der Waals surface area contributed by atoms with Gasteiger partial charge in [-0.3, -0.25) is 4.79 Å². The van der Waals surface area contributed by atoms with Crippen LogP contribution in [0.4, 0.5) is 10.2 Å². The van der Waals surface area contributed by atoms with Gasteiger partial charge in [-0.2, -0.15) is 0 Å². The van der Waals surface area contributed by atoms with E-state index < -0.39 is 5.82 Å². The second kappa shape index (κ2) is 6.00. The van der Waals surface area contributed by atoms with E-state index in [9.17, 15) is 9.18 Å². The highest BCUT2D eigenvalue weighted by Crippen LogP contribution is 2.19. The van der Waals surface area contributed by atoms with Crippen LogP contribution in [0.2, 0.25) is 0 Å². The highest BCUT2D eigenvalue weighted by molar-refractivity contribution is 7.09. The Morgan fingerprint density at radius 3 is 2.85 bits per heavy atom. The predicted molar refractivity (Wildman–Crippen MR) is 77.9 cm³/mol. The Bertz CT molecular complexity index is 598. The molecule has 0 saturated heterocycles. The van der Waals surface area contributed by atoms with Gasteiger partial charge in [-0.15, -0.1) is 11.3 Å². The SMILES string of the molecule is CC(C)N(Cc1cccs1)C(=O)c1ccnc(N)c1F. The van der Waals surface area contributed by atoms with Crippen LogP contribution in [-0.4, -0.2) is 21.8 Å². The van der Waals surface area contributed by atoms with E-state index in [0.29, 0.717) is 6.54 Å². The molecule has 0 radical (unpaired) electrons. The number of amides is 1. The van der Waals surface area contributed by atoms with Gasteiger partial charge in [0.25, 0.3) is 5.91 Å². The van der Waals surface area contributed by atoms with Crippen LogP contribution in [0.15, 0.2) is 29.8 Å². The maximum atomic E-state index is 13.9. The summed E-state index contributed by atoms with van der Waals surface area (Å²) in [6.07, 6.45) is 1.34. The highest BCUT2D eigenvalue weighted by atomic mass is 32.1. The van der Waals surface area contributed by atoms with Crippen molar-refractivity contribution in [1.82, 2.24) is 9.88 Å². The normalized spacial score (nSPS) is 10.8. The summed E-state index contributed by atoms with van der Waals surface area (Å²) >= 11 is 1.56. The van der Waals surface area contributed by atoms with Gasteiger partial charge in [-0.05, 0) is 31.4 Å². The van der Waals surface area contributed by atoms with E-state index in [-0.39, 0.29) is 23.3 Å². The van der Waals surface area contributed by atoms with E-state index in [1.165, 1.54) is 12.3 Å². The lowest BCUT2D eigenvalue weighted by Crippen LogP contribution is -2.36. The fourth-order valence-corrected chi connectivity index (χ4v) is 2.54. The van der Waals surface area contributed by atoms with E-state index in [4.69, 9.17) is 5.73 Å². The number of hydrogen-bond acceptors (Lipinski definition) is 4. The summed E-state index contributed by atoms with van der Waals surface area (Å²) in [4.78, 5) is 18.8. The Kier molecular flexibility index (Phi) is 4.34. The van der Waals surface area contributed by atoms with Gasteiger partial charge in [-0.25, -0.2) is 9.37 Å². The summed E-state index contributed by atoms with van der Waals surface area (Å²) in [7, 11) is 0. The van der Waals surface area contributed by atoms with Crippen molar-refractivity contribution in [3.8, 4) is 0 Å². The molecule has 4 nitrogen and oxygen atoms in total. The number of nitrogens with two attached hydrogens (primary N) is 1. The number of thiophene rings is 1. The first-order chi connectivity index (χ1) is 9.50. The monoisotopic (exact) mass is 293 g/mol. The third kappa shape index (κ3) is 2.96. The number of carbonyl (C=O) groups excluding carboxylic acids is 1. The molecular formula is C14H16FN3OS. The Hall–Kier alpha value is -1.95. The molecule has 0 unspecified atom stereocenters. The van der Waals surface area contributed by atoms with Crippen LogP contribution in [-0.2, 0) is 6.54 Å². The summed E-state index contributed by atoms with van der Waals surface area (Å²) in [5, 5.41) is 1.95. The van der Waals surface area contributed by atoms with Crippen molar-refractivity contribution in [3.05, 3.63) is 46.0 Å². The molecule has 0 aromatic carbocycles. The van der Waals surface area contributed by atoms with Crippen LogP contribution in [0.25, 0.3) is 0 Å². The molecule has 0 bridgehead atoms. The average molecular weight is 293 g/mol. The number of nitrogens with zero attached hydrogens (tertiary/aromatic N) is 2. The molecule has 2 heterocycles. The smallest absolute Gasteiger partial charge is 0.257 e. The van der Waals surface area contributed by atoms with Gasteiger partial charge in [-0.1, -0.05) is 6.07 Å². The third-order valence-electron chi connectivity index (χ3n) is 2.94. The minimum absolute atomic E-state index is 0.0391. The summed E-state index contributed by atoms with van der Waals surface area (Å²) in [6.45, 7) is 4.25. The first kappa shape index (κ1) is 14.5. The Balaban J connectivity index is 2.29.